The average molecular weight is 428 g/mol. The average Bonchev–Trinajstić information content (AvgIpc) is 3.45. The maximum atomic E-state index is 6.60. The van der Waals surface area contributed by atoms with Gasteiger partial charge in [0.05, 0.1) is 31.0 Å². The number of nitrogens with zero attached hydrogens (tertiary/aromatic N) is 4. The maximum absolute atomic E-state index is 6.60. The summed E-state index contributed by atoms with van der Waals surface area (Å²) in [5.41, 5.74) is 3.22. The molecule has 0 unspecified atom stereocenters. The molecule has 0 aliphatic carbocycles. The summed E-state index contributed by atoms with van der Waals surface area (Å²) in [6, 6.07) is 16.9. The van der Waals surface area contributed by atoms with E-state index in [1.165, 1.54) is 5.56 Å². The van der Waals surface area contributed by atoms with Crippen molar-refractivity contribution < 1.29 is 9.47 Å². The van der Waals surface area contributed by atoms with E-state index in [2.05, 4.69) is 57.2 Å². The van der Waals surface area contributed by atoms with E-state index in [1.54, 1.807) is 18.1 Å². The molecule has 0 radical (unpaired) electrons. The Balaban J connectivity index is 0.00000218. The molecule has 0 bridgehead atoms. The number of aromatic nitrogens is 4. The molecule has 2 aliphatic heterocycles. The summed E-state index contributed by atoms with van der Waals surface area (Å²) in [5.74, 6) is 1.08. The molecule has 5 rings (SSSR count). The fourth-order valence-electron chi connectivity index (χ4n) is 4.87. The fourth-order valence-corrected chi connectivity index (χ4v) is 4.87. The summed E-state index contributed by atoms with van der Waals surface area (Å²) in [6.45, 7) is 1.69. The van der Waals surface area contributed by atoms with Gasteiger partial charge in [-0.1, -0.05) is 30.3 Å². The first-order valence-electron chi connectivity index (χ1n) is 10.1. The van der Waals surface area contributed by atoms with Gasteiger partial charge in [0.1, 0.15) is 12.1 Å². The van der Waals surface area contributed by atoms with Crippen LogP contribution in [0.3, 0.4) is 0 Å². The summed E-state index contributed by atoms with van der Waals surface area (Å²) in [4.78, 5) is 0. The molecule has 158 valence electrons. The van der Waals surface area contributed by atoms with Gasteiger partial charge in [-0.2, -0.15) is 0 Å². The Kier molecular flexibility index (Phi) is 6.04. The van der Waals surface area contributed by atoms with Crippen molar-refractivity contribution in [2.45, 2.75) is 36.8 Å². The highest BCUT2D eigenvalue weighted by molar-refractivity contribution is 5.85. The quantitative estimate of drug-likeness (QED) is 0.687. The van der Waals surface area contributed by atoms with Crippen molar-refractivity contribution in [2.24, 2.45) is 0 Å². The Morgan fingerprint density at radius 1 is 1.20 bits per heavy atom. The van der Waals surface area contributed by atoms with Gasteiger partial charge in [0.15, 0.2) is 0 Å². The number of halogens is 1. The standard InChI is InChI=1S/C22H25N5O2.ClH/c1-28-18-8-9-20(27-15-24-25-26-27)19(12-18)17-13-22(29-14-17)10-5-11-23-21(22)16-6-3-2-4-7-16;/h2-4,6-9,12,15,17,21,23H,5,10-11,13-14H2,1H3;1H/t17-,21+,22-;/m1./s1. The van der Waals surface area contributed by atoms with Crippen LogP contribution in [0, 0.1) is 0 Å². The number of ether oxygens (including phenoxy) is 2. The molecule has 8 heteroatoms. The van der Waals surface area contributed by atoms with Crippen molar-refractivity contribution in [3.05, 3.63) is 66.0 Å². The van der Waals surface area contributed by atoms with E-state index in [4.69, 9.17) is 9.47 Å². The van der Waals surface area contributed by atoms with Crippen molar-refractivity contribution in [2.75, 3.05) is 20.3 Å². The molecule has 2 aromatic carbocycles. The van der Waals surface area contributed by atoms with Crippen LogP contribution in [0.2, 0.25) is 0 Å². The largest absolute Gasteiger partial charge is 0.497 e. The molecule has 2 fully saturated rings. The second-order valence-electron chi connectivity index (χ2n) is 7.86. The highest BCUT2D eigenvalue weighted by atomic mass is 35.5. The first-order valence-corrected chi connectivity index (χ1v) is 10.1. The SMILES string of the molecule is COc1ccc(-n2cnnn2)c([C@H]2CO[C@]3(CCCN[C@H]3c3ccccc3)C2)c1.Cl. The number of rotatable bonds is 4. The van der Waals surface area contributed by atoms with E-state index in [9.17, 15) is 0 Å². The van der Waals surface area contributed by atoms with Crippen LogP contribution in [0.4, 0.5) is 0 Å². The maximum Gasteiger partial charge on any atom is 0.143 e. The molecular formula is C22H26ClN5O2. The number of benzene rings is 2. The minimum absolute atomic E-state index is 0. The second-order valence-corrected chi connectivity index (χ2v) is 7.86. The Morgan fingerprint density at radius 3 is 2.83 bits per heavy atom. The molecular weight excluding hydrogens is 402 g/mol. The van der Waals surface area contributed by atoms with Gasteiger partial charge in [0, 0.05) is 5.92 Å². The van der Waals surface area contributed by atoms with Crippen LogP contribution < -0.4 is 10.1 Å². The van der Waals surface area contributed by atoms with Crippen molar-refractivity contribution in [3.63, 3.8) is 0 Å². The van der Waals surface area contributed by atoms with E-state index < -0.39 is 0 Å². The lowest BCUT2D eigenvalue weighted by Crippen LogP contribution is -2.48. The Labute approximate surface area is 182 Å². The van der Waals surface area contributed by atoms with Gasteiger partial charge in [-0.25, -0.2) is 4.68 Å². The minimum Gasteiger partial charge on any atom is -0.497 e. The highest BCUT2D eigenvalue weighted by Crippen LogP contribution is 2.49. The van der Waals surface area contributed by atoms with Crippen LogP contribution in [0.15, 0.2) is 54.9 Å². The second kappa shape index (κ2) is 8.71. The van der Waals surface area contributed by atoms with Crippen molar-refractivity contribution in [3.8, 4) is 11.4 Å². The number of piperidine rings is 1. The summed E-state index contributed by atoms with van der Waals surface area (Å²) in [6.07, 6.45) is 4.75. The van der Waals surface area contributed by atoms with Crippen LogP contribution in [-0.2, 0) is 4.74 Å². The zero-order chi connectivity index (χ0) is 19.7. The summed E-state index contributed by atoms with van der Waals surface area (Å²) >= 11 is 0. The Morgan fingerprint density at radius 2 is 2.07 bits per heavy atom. The number of methoxy groups -OCH3 is 1. The Bertz CT molecular complexity index is 969. The van der Waals surface area contributed by atoms with Crippen molar-refractivity contribution >= 4 is 12.4 Å². The Hall–Kier alpha value is -2.48. The number of nitrogens with one attached hydrogen (secondary N) is 1. The van der Waals surface area contributed by atoms with Crippen LogP contribution in [0.5, 0.6) is 5.75 Å². The molecule has 1 spiro atoms. The first kappa shape index (κ1) is 20.8. The lowest BCUT2D eigenvalue weighted by Gasteiger charge is -2.41. The first-order chi connectivity index (χ1) is 14.3. The van der Waals surface area contributed by atoms with E-state index >= 15 is 0 Å². The molecule has 3 aromatic rings. The van der Waals surface area contributed by atoms with Crippen LogP contribution >= 0.6 is 12.4 Å². The third kappa shape index (κ3) is 3.69. The van der Waals surface area contributed by atoms with Crippen LogP contribution in [-0.4, -0.2) is 46.1 Å². The highest BCUT2D eigenvalue weighted by Gasteiger charge is 2.49. The lowest BCUT2D eigenvalue weighted by molar-refractivity contribution is -0.0484. The lowest BCUT2D eigenvalue weighted by atomic mass is 9.76. The normalized spacial score (nSPS) is 25.8. The van der Waals surface area contributed by atoms with E-state index in [0.717, 1.165) is 42.8 Å². The molecule has 1 aromatic heterocycles. The zero-order valence-corrected chi connectivity index (χ0v) is 17.7. The molecule has 30 heavy (non-hydrogen) atoms. The van der Waals surface area contributed by atoms with E-state index in [-0.39, 0.29) is 30.0 Å². The van der Waals surface area contributed by atoms with E-state index in [0.29, 0.717) is 6.61 Å². The topological polar surface area (TPSA) is 74.1 Å². The zero-order valence-electron chi connectivity index (χ0n) is 16.9. The summed E-state index contributed by atoms with van der Waals surface area (Å²) in [7, 11) is 1.69. The molecule has 2 aliphatic rings. The monoisotopic (exact) mass is 427 g/mol. The molecule has 2 saturated heterocycles. The smallest absolute Gasteiger partial charge is 0.143 e. The molecule has 3 atom stereocenters. The number of tetrazole rings is 1. The summed E-state index contributed by atoms with van der Waals surface area (Å²) in [5, 5.41) is 15.4. The minimum atomic E-state index is -0.203. The molecule has 1 N–H and O–H groups in total. The van der Waals surface area contributed by atoms with Crippen LogP contribution in [0.25, 0.3) is 5.69 Å². The van der Waals surface area contributed by atoms with E-state index in [1.807, 2.05) is 12.1 Å². The van der Waals surface area contributed by atoms with Gasteiger partial charge >= 0.3 is 0 Å². The van der Waals surface area contributed by atoms with Gasteiger partial charge < -0.3 is 14.8 Å². The van der Waals surface area contributed by atoms with Gasteiger partial charge in [-0.3, -0.25) is 0 Å². The predicted molar refractivity (Wildman–Crippen MR) is 115 cm³/mol. The molecule has 0 amide bonds. The fraction of sp³-hybridized carbons (Fsp3) is 0.409. The number of hydrogen-bond donors (Lipinski definition) is 1. The molecule has 0 saturated carbocycles. The van der Waals surface area contributed by atoms with Gasteiger partial charge in [-0.05, 0) is 65.6 Å². The molecule has 7 nitrogen and oxygen atoms in total. The van der Waals surface area contributed by atoms with Gasteiger partial charge in [-0.15, -0.1) is 17.5 Å². The van der Waals surface area contributed by atoms with Crippen LogP contribution in [0.1, 0.15) is 42.3 Å². The molecule has 3 heterocycles. The summed E-state index contributed by atoms with van der Waals surface area (Å²) < 4.78 is 13.8. The van der Waals surface area contributed by atoms with Gasteiger partial charge in [0.2, 0.25) is 0 Å². The third-order valence-electron chi connectivity index (χ3n) is 6.22. The van der Waals surface area contributed by atoms with Gasteiger partial charge in [0.25, 0.3) is 0 Å². The van der Waals surface area contributed by atoms with Crippen molar-refractivity contribution in [1.29, 1.82) is 0 Å². The predicted octanol–water partition coefficient (Wildman–Crippen LogP) is 3.46. The number of hydrogen-bond acceptors (Lipinski definition) is 6. The van der Waals surface area contributed by atoms with Crippen molar-refractivity contribution in [1.82, 2.24) is 25.5 Å². The third-order valence-corrected chi connectivity index (χ3v) is 6.22.